The monoisotopic (exact) mass is 567 g/mol. The molecule has 2 aromatic rings. The van der Waals surface area contributed by atoms with Crippen molar-refractivity contribution in [3.63, 3.8) is 0 Å². The van der Waals surface area contributed by atoms with Crippen LogP contribution in [-0.2, 0) is 23.1 Å². The molecule has 2 fully saturated rings. The maximum Gasteiger partial charge on any atom is 0.400 e. The summed E-state index contributed by atoms with van der Waals surface area (Å²) in [5.74, 6) is -0.0542. The molecule has 2 aliphatic rings. The van der Waals surface area contributed by atoms with Crippen LogP contribution in [0.1, 0.15) is 54.7 Å². The molecule has 0 bridgehead atoms. The fraction of sp³-hybridized carbons (Fsp3) is 0.538. The Morgan fingerprint density at radius 3 is 1.97 bits per heavy atom. The van der Waals surface area contributed by atoms with Gasteiger partial charge < -0.3 is 10.2 Å². The Balaban J connectivity index is 1.62. The molecule has 214 valence electrons. The molecule has 1 saturated carbocycles. The number of pyridine rings is 1. The minimum absolute atomic E-state index is 0.00768. The van der Waals surface area contributed by atoms with Crippen LogP contribution in [0, 0.1) is 5.92 Å². The van der Waals surface area contributed by atoms with E-state index in [9.17, 15) is 44.3 Å². The molecule has 0 radical (unpaired) electrons. The van der Waals surface area contributed by atoms with Crippen LogP contribution < -0.4 is 10.2 Å². The number of benzene rings is 1. The van der Waals surface area contributed by atoms with Crippen LogP contribution in [0.5, 0.6) is 0 Å². The maximum absolute atomic E-state index is 14.6. The highest BCUT2D eigenvalue weighted by molar-refractivity contribution is 5.81. The third kappa shape index (κ3) is 6.96. The molecule has 4 rings (SSSR count). The Hall–Kier alpha value is -2.99. The summed E-state index contributed by atoms with van der Waals surface area (Å²) in [6.07, 6.45) is -17.1. The lowest BCUT2D eigenvalue weighted by atomic mass is 9.78. The Labute approximate surface area is 218 Å². The third-order valence-corrected chi connectivity index (χ3v) is 7.12. The van der Waals surface area contributed by atoms with Gasteiger partial charge in [0.2, 0.25) is 5.91 Å². The van der Waals surface area contributed by atoms with Crippen molar-refractivity contribution in [3.05, 3.63) is 58.9 Å². The number of nitrogens with one attached hydrogen (secondary N) is 1. The zero-order valence-corrected chi connectivity index (χ0v) is 20.8. The van der Waals surface area contributed by atoms with E-state index in [1.54, 1.807) is 31.2 Å². The average molecular weight is 567 g/mol. The highest BCUT2D eigenvalue weighted by Gasteiger charge is 2.59. The summed E-state index contributed by atoms with van der Waals surface area (Å²) in [7, 11) is 0. The topological polar surface area (TPSA) is 45.2 Å². The molecule has 1 aromatic heterocycles. The number of anilines is 1. The molecule has 0 spiro atoms. The summed E-state index contributed by atoms with van der Waals surface area (Å²) in [4.78, 5) is 16.8. The van der Waals surface area contributed by atoms with Gasteiger partial charge in [-0.25, -0.2) is 0 Å². The minimum atomic E-state index is -4.96. The molecule has 1 aromatic carbocycles. The first-order chi connectivity index (χ1) is 18.0. The predicted octanol–water partition coefficient (Wildman–Crippen LogP) is 6.59. The third-order valence-electron chi connectivity index (χ3n) is 7.12. The van der Waals surface area contributed by atoms with Gasteiger partial charge in [0.05, 0.1) is 18.9 Å². The molecule has 39 heavy (non-hydrogen) atoms. The SMILES string of the molecule is CC(NC(=O)C1CC1)c1ccc(N2CCC(c3cc(CC(F)(F)F)nc(CC(F)(F)F)c3)(C(F)(F)F)C2)cc1. The van der Waals surface area contributed by atoms with Crippen molar-refractivity contribution in [2.75, 3.05) is 18.0 Å². The smallest absolute Gasteiger partial charge is 0.370 e. The van der Waals surface area contributed by atoms with Gasteiger partial charge in [-0.1, -0.05) is 12.1 Å². The van der Waals surface area contributed by atoms with Gasteiger partial charge in [0.1, 0.15) is 5.41 Å². The molecule has 1 N–H and O–H groups in total. The number of carbonyl (C=O) groups excluding carboxylic acids is 1. The highest BCUT2D eigenvalue weighted by Crippen LogP contribution is 2.49. The van der Waals surface area contributed by atoms with Crippen molar-refractivity contribution in [1.29, 1.82) is 0 Å². The van der Waals surface area contributed by atoms with Crippen molar-refractivity contribution in [2.24, 2.45) is 5.92 Å². The lowest BCUT2D eigenvalue weighted by Gasteiger charge is -2.33. The number of carbonyl (C=O) groups is 1. The van der Waals surface area contributed by atoms with Gasteiger partial charge in [-0.15, -0.1) is 0 Å². The number of alkyl halides is 9. The van der Waals surface area contributed by atoms with Crippen molar-refractivity contribution >= 4 is 11.6 Å². The standard InChI is InChI=1S/C26H26F9N3O/c1-15(36-22(39)17-2-3-17)16-4-6-21(7-5-16)38-9-8-23(14-38,26(33,34)35)18-10-19(12-24(27,28)29)37-20(11-18)13-25(30,31)32/h4-7,10-11,15,17H,2-3,8-9,12-14H2,1H3,(H,36,39). The number of aromatic nitrogens is 1. The summed E-state index contributed by atoms with van der Waals surface area (Å²) < 4.78 is 122. The zero-order chi connectivity index (χ0) is 28.8. The minimum Gasteiger partial charge on any atom is -0.370 e. The molecule has 13 heteroatoms. The van der Waals surface area contributed by atoms with Gasteiger partial charge >= 0.3 is 18.5 Å². The van der Waals surface area contributed by atoms with Crippen molar-refractivity contribution < 1.29 is 44.3 Å². The zero-order valence-electron chi connectivity index (χ0n) is 20.8. The second-order valence-electron chi connectivity index (χ2n) is 10.3. The van der Waals surface area contributed by atoms with E-state index in [-0.39, 0.29) is 24.4 Å². The van der Waals surface area contributed by atoms with Gasteiger partial charge in [-0.05, 0) is 61.6 Å². The number of rotatable bonds is 7. The van der Waals surface area contributed by atoms with Crippen LogP contribution in [0.15, 0.2) is 36.4 Å². The van der Waals surface area contributed by atoms with Crippen LogP contribution in [0.3, 0.4) is 0 Å². The van der Waals surface area contributed by atoms with Gasteiger partial charge in [-0.3, -0.25) is 9.78 Å². The fourth-order valence-electron chi connectivity index (χ4n) is 4.91. The van der Waals surface area contributed by atoms with Crippen LogP contribution in [0.4, 0.5) is 45.2 Å². The van der Waals surface area contributed by atoms with E-state index in [0.29, 0.717) is 17.8 Å². The van der Waals surface area contributed by atoms with Crippen LogP contribution >= 0.6 is 0 Å². The summed E-state index contributed by atoms with van der Waals surface area (Å²) >= 11 is 0. The van der Waals surface area contributed by atoms with Crippen LogP contribution in [0.2, 0.25) is 0 Å². The summed E-state index contributed by atoms with van der Waals surface area (Å²) in [6, 6.07) is 7.41. The summed E-state index contributed by atoms with van der Waals surface area (Å²) in [5.41, 5.74) is -4.01. The molecule has 2 heterocycles. The molecule has 1 amide bonds. The second kappa shape index (κ2) is 10.2. The maximum atomic E-state index is 14.6. The van der Waals surface area contributed by atoms with E-state index >= 15 is 0 Å². The van der Waals surface area contributed by atoms with Gasteiger partial charge in [0, 0.05) is 36.1 Å². The number of amides is 1. The lowest BCUT2D eigenvalue weighted by Crippen LogP contribution is -2.45. The normalized spacial score (nSPS) is 21.2. The summed E-state index contributed by atoms with van der Waals surface area (Å²) in [6.45, 7) is 0.962. The first kappa shape index (κ1) is 29.0. The molecule has 1 aliphatic carbocycles. The predicted molar refractivity (Wildman–Crippen MR) is 124 cm³/mol. The lowest BCUT2D eigenvalue weighted by molar-refractivity contribution is -0.184. The molecule has 1 aliphatic heterocycles. The average Bonchev–Trinajstić information content (AvgIpc) is 3.53. The first-order valence-electron chi connectivity index (χ1n) is 12.3. The first-order valence-corrected chi connectivity index (χ1v) is 12.3. The van der Waals surface area contributed by atoms with Gasteiger partial charge in [0.25, 0.3) is 0 Å². The summed E-state index contributed by atoms with van der Waals surface area (Å²) in [5, 5.41) is 2.88. The highest BCUT2D eigenvalue weighted by atomic mass is 19.4. The van der Waals surface area contributed by atoms with E-state index in [4.69, 9.17) is 0 Å². The number of hydrogen-bond acceptors (Lipinski definition) is 3. The Morgan fingerprint density at radius 2 is 1.51 bits per heavy atom. The van der Waals surface area contributed by atoms with E-state index in [0.717, 1.165) is 18.4 Å². The van der Waals surface area contributed by atoms with Gasteiger partial charge in [-0.2, -0.15) is 39.5 Å². The number of halogens is 9. The van der Waals surface area contributed by atoms with E-state index in [2.05, 4.69) is 10.3 Å². The largest absolute Gasteiger partial charge is 0.400 e. The number of hydrogen-bond donors (Lipinski definition) is 1. The Bertz CT molecular complexity index is 1150. The van der Waals surface area contributed by atoms with E-state index in [1.807, 2.05) is 0 Å². The fourth-order valence-corrected chi connectivity index (χ4v) is 4.91. The van der Waals surface area contributed by atoms with Gasteiger partial charge in [0.15, 0.2) is 0 Å². The van der Waals surface area contributed by atoms with Crippen molar-refractivity contribution in [3.8, 4) is 0 Å². The van der Waals surface area contributed by atoms with Crippen LogP contribution in [0.25, 0.3) is 0 Å². The molecule has 2 atom stereocenters. The quantitative estimate of drug-likeness (QED) is 0.384. The van der Waals surface area contributed by atoms with Crippen molar-refractivity contribution in [2.45, 2.75) is 69.0 Å². The second-order valence-corrected chi connectivity index (χ2v) is 10.3. The van der Waals surface area contributed by atoms with E-state index in [1.165, 1.54) is 4.90 Å². The number of nitrogens with zero attached hydrogens (tertiary/aromatic N) is 2. The van der Waals surface area contributed by atoms with E-state index < -0.39 is 66.7 Å². The molecule has 4 nitrogen and oxygen atoms in total. The Morgan fingerprint density at radius 1 is 0.974 bits per heavy atom. The molecule has 2 unspecified atom stereocenters. The van der Waals surface area contributed by atoms with Crippen molar-refractivity contribution in [1.82, 2.24) is 10.3 Å². The van der Waals surface area contributed by atoms with Crippen LogP contribution in [-0.4, -0.2) is 42.5 Å². The molecule has 1 saturated heterocycles. The molecular formula is C26H26F9N3O. The Kier molecular flexibility index (Phi) is 7.59. The molecular weight excluding hydrogens is 541 g/mol.